The Morgan fingerprint density at radius 3 is 2.67 bits per heavy atom. The molecule has 0 saturated heterocycles. The molecule has 0 unspecified atom stereocenters. The molecule has 0 fully saturated rings. The van der Waals surface area contributed by atoms with E-state index in [0.29, 0.717) is 5.02 Å². The van der Waals surface area contributed by atoms with E-state index in [4.69, 9.17) is 11.6 Å². The number of nitrogens with zero attached hydrogens (tertiary/aromatic N) is 1. The van der Waals surface area contributed by atoms with Gasteiger partial charge in [-0.25, -0.2) is 4.98 Å². The second-order valence-corrected chi connectivity index (χ2v) is 4.20. The molecule has 4 heteroatoms. The van der Waals surface area contributed by atoms with Gasteiger partial charge in [-0.05, 0) is 40.2 Å². The van der Waals surface area contributed by atoms with Crippen molar-refractivity contribution in [2.75, 3.05) is 5.32 Å². The summed E-state index contributed by atoms with van der Waals surface area (Å²) in [5.74, 6) is 0.755. The molecule has 0 aliphatic carbocycles. The molecule has 0 radical (unpaired) electrons. The van der Waals surface area contributed by atoms with Crippen LogP contribution in [0.25, 0.3) is 0 Å². The number of nitrogens with one attached hydrogen (secondary N) is 1. The normalized spacial score (nSPS) is 10.0. The summed E-state index contributed by atoms with van der Waals surface area (Å²) in [5.41, 5.74) is 0.846. The molecular weight excluding hydrogens is 275 g/mol. The molecule has 76 valence electrons. The van der Waals surface area contributed by atoms with Gasteiger partial charge in [-0.2, -0.15) is 0 Å². The molecule has 0 amide bonds. The van der Waals surface area contributed by atoms with E-state index in [-0.39, 0.29) is 0 Å². The Balaban J connectivity index is 2.30. The summed E-state index contributed by atoms with van der Waals surface area (Å²) in [6.07, 6.45) is 1.73. The van der Waals surface area contributed by atoms with Crippen molar-refractivity contribution >= 4 is 39.0 Å². The molecule has 0 atom stereocenters. The number of hydrogen-bond donors (Lipinski definition) is 1. The van der Waals surface area contributed by atoms with Crippen LogP contribution in [0.5, 0.6) is 0 Å². The van der Waals surface area contributed by atoms with Gasteiger partial charge in [-0.1, -0.05) is 23.7 Å². The van der Waals surface area contributed by atoms with Gasteiger partial charge in [0.1, 0.15) is 5.82 Å². The third-order valence-electron chi connectivity index (χ3n) is 1.89. The topological polar surface area (TPSA) is 24.9 Å². The fraction of sp³-hybridized carbons (Fsp3) is 0. The summed E-state index contributed by atoms with van der Waals surface area (Å²) in [6.45, 7) is 0. The molecular formula is C11H8BrClN2. The average Bonchev–Trinajstić information content (AvgIpc) is 2.24. The van der Waals surface area contributed by atoms with E-state index < -0.39 is 0 Å². The number of anilines is 2. The maximum Gasteiger partial charge on any atom is 0.144 e. The summed E-state index contributed by atoms with van der Waals surface area (Å²) in [6, 6.07) is 11.3. The monoisotopic (exact) mass is 282 g/mol. The van der Waals surface area contributed by atoms with Crippen molar-refractivity contribution < 1.29 is 0 Å². The van der Waals surface area contributed by atoms with E-state index in [0.717, 1.165) is 16.0 Å². The zero-order chi connectivity index (χ0) is 10.7. The molecule has 1 heterocycles. The molecule has 2 nitrogen and oxygen atoms in total. The minimum Gasteiger partial charge on any atom is -0.338 e. The summed E-state index contributed by atoms with van der Waals surface area (Å²) in [4.78, 5) is 4.20. The van der Waals surface area contributed by atoms with Crippen LogP contribution < -0.4 is 5.32 Å². The van der Waals surface area contributed by atoms with Gasteiger partial charge < -0.3 is 5.32 Å². The molecule has 15 heavy (non-hydrogen) atoms. The third-order valence-corrected chi connectivity index (χ3v) is 2.85. The van der Waals surface area contributed by atoms with Crippen LogP contribution >= 0.6 is 27.5 Å². The quantitative estimate of drug-likeness (QED) is 0.891. The molecule has 1 aromatic heterocycles. The Kier molecular flexibility index (Phi) is 3.23. The highest BCUT2D eigenvalue weighted by molar-refractivity contribution is 9.10. The van der Waals surface area contributed by atoms with Crippen molar-refractivity contribution in [3.8, 4) is 0 Å². The van der Waals surface area contributed by atoms with Gasteiger partial charge in [-0.15, -0.1) is 0 Å². The van der Waals surface area contributed by atoms with Gasteiger partial charge in [0, 0.05) is 6.20 Å². The molecule has 0 aliphatic heterocycles. The van der Waals surface area contributed by atoms with E-state index in [1.807, 2.05) is 36.4 Å². The van der Waals surface area contributed by atoms with Gasteiger partial charge in [0.25, 0.3) is 0 Å². The first-order valence-electron chi connectivity index (χ1n) is 4.39. The second kappa shape index (κ2) is 4.64. The van der Waals surface area contributed by atoms with Crippen LogP contribution in [0.4, 0.5) is 11.5 Å². The van der Waals surface area contributed by atoms with Crippen molar-refractivity contribution in [2.45, 2.75) is 0 Å². The fourth-order valence-electron chi connectivity index (χ4n) is 1.17. The number of para-hydroxylation sites is 1. The number of rotatable bonds is 2. The van der Waals surface area contributed by atoms with Crippen LogP contribution in [0.1, 0.15) is 0 Å². The first-order valence-corrected chi connectivity index (χ1v) is 5.56. The van der Waals surface area contributed by atoms with E-state index in [1.165, 1.54) is 0 Å². The van der Waals surface area contributed by atoms with Crippen LogP contribution in [-0.4, -0.2) is 4.98 Å². The minimum atomic E-state index is 0.676. The second-order valence-electron chi connectivity index (χ2n) is 2.94. The predicted octanol–water partition coefficient (Wildman–Crippen LogP) is 4.24. The molecule has 1 N–H and O–H groups in total. The smallest absolute Gasteiger partial charge is 0.144 e. The van der Waals surface area contributed by atoms with Crippen molar-refractivity contribution in [1.82, 2.24) is 4.98 Å². The third kappa shape index (κ3) is 2.49. The number of hydrogen-bond acceptors (Lipinski definition) is 2. The molecule has 2 rings (SSSR count). The highest BCUT2D eigenvalue weighted by atomic mass is 79.9. The molecule has 0 aliphatic rings. The van der Waals surface area contributed by atoms with Crippen molar-refractivity contribution in [3.05, 3.63) is 52.1 Å². The van der Waals surface area contributed by atoms with E-state index in [2.05, 4.69) is 26.2 Å². The lowest BCUT2D eigenvalue weighted by atomic mass is 10.3. The van der Waals surface area contributed by atoms with Crippen LogP contribution in [-0.2, 0) is 0 Å². The Morgan fingerprint density at radius 2 is 1.93 bits per heavy atom. The number of benzene rings is 1. The highest BCUT2D eigenvalue weighted by Crippen LogP contribution is 2.27. The average molecular weight is 284 g/mol. The van der Waals surface area contributed by atoms with Crippen LogP contribution in [0.15, 0.2) is 47.1 Å². The number of aromatic nitrogens is 1. The molecule has 0 saturated carbocycles. The summed E-state index contributed by atoms with van der Waals surface area (Å²) < 4.78 is 0.907. The van der Waals surface area contributed by atoms with E-state index >= 15 is 0 Å². The Hall–Kier alpha value is -1.06. The maximum atomic E-state index is 6.02. The first-order chi connectivity index (χ1) is 7.27. The van der Waals surface area contributed by atoms with Gasteiger partial charge in [0.15, 0.2) is 0 Å². The SMILES string of the molecule is Clc1ccccc1Nc1ncccc1Br. The number of halogens is 2. The van der Waals surface area contributed by atoms with Gasteiger partial charge in [0.05, 0.1) is 15.2 Å². The van der Waals surface area contributed by atoms with Crippen LogP contribution in [0, 0.1) is 0 Å². The van der Waals surface area contributed by atoms with Gasteiger partial charge >= 0.3 is 0 Å². The maximum absolute atomic E-state index is 6.02. The molecule has 0 spiro atoms. The summed E-state index contributed by atoms with van der Waals surface area (Å²) in [7, 11) is 0. The summed E-state index contributed by atoms with van der Waals surface area (Å²) in [5, 5.41) is 3.83. The predicted molar refractivity (Wildman–Crippen MR) is 66.7 cm³/mol. The van der Waals surface area contributed by atoms with E-state index in [9.17, 15) is 0 Å². The van der Waals surface area contributed by atoms with Gasteiger partial charge in [0.2, 0.25) is 0 Å². The Labute approximate surface area is 101 Å². The lowest BCUT2D eigenvalue weighted by Gasteiger charge is -2.08. The Morgan fingerprint density at radius 1 is 1.13 bits per heavy atom. The lowest BCUT2D eigenvalue weighted by molar-refractivity contribution is 1.29. The first kappa shape index (κ1) is 10.5. The molecule has 2 aromatic rings. The van der Waals surface area contributed by atoms with Crippen molar-refractivity contribution in [2.24, 2.45) is 0 Å². The molecule has 0 bridgehead atoms. The minimum absolute atomic E-state index is 0.676. The Bertz CT molecular complexity index is 430. The zero-order valence-electron chi connectivity index (χ0n) is 7.74. The van der Waals surface area contributed by atoms with Gasteiger partial charge in [-0.3, -0.25) is 0 Å². The fourth-order valence-corrected chi connectivity index (χ4v) is 1.70. The van der Waals surface area contributed by atoms with Crippen LogP contribution in [0.2, 0.25) is 5.02 Å². The van der Waals surface area contributed by atoms with E-state index in [1.54, 1.807) is 6.20 Å². The largest absolute Gasteiger partial charge is 0.338 e. The van der Waals surface area contributed by atoms with Crippen molar-refractivity contribution in [3.63, 3.8) is 0 Å². The standard InChI is InChI=1S/C11H8BrClN2/c12-8-4-3-7-14-11(8)15-10-6-2-1-5-9(10)13/h1-7H,(H,14,15). The number of pyridine rings is 1. The van der Waals surface area contributed by atoms with Crippen LogP contribution in [0.3, 0.4) is 0 Å². The lowest BCUT2D eigenvalue weighted by Crippen LogP contribution is -1.94. The van der Waals surface area contributed by atoms with Crippen molar-refractivity contribution in [1.29, 1.82) is 0 Å². The molecule has 1 aromatic carbocycles. The highest BCUT2D eigenvalue weighted by Gasteiger charge is 2.02. The zero-order valence-corrected chi connectivity index (χ0v) is 10.1. The summed E-state index contributed by atoms with van der Waals surface area (Å²) >= 11 is 9.43.